The maximum absolute atomic E-state index is 12.9. The molecule has 2 aromatic carbocycles. The van der Waals surface area contributed by atoms with Gasteiger partial charge in [-0.2, -0.15) is 0 Å². The van der Waals surface area contributed by atoms with Crippen LogP contribution in [0.1, 0.15) is 22.8 Å². The highest BCUT2D eigenvalue weighted by atomic mass is 32.1. The highest BCUT2D eigenvalue weighted by Crippen LogP contribution is 2.16. The first-order chi connectivity index (χ1) is 13.9. The van der Waals surface area contributed by atoms with Crippen LogP contribution in [0.2, 0.25) is 0 Å². The summed E-state index contributed by atoms with van der Waals surface area (Å²) >= 11 is 5.26. The first-order valence-electron chi connectivity index (χ1n) is 9.29. The SMILES string of the molecule is C=CCn1c(=S)[nH]c2cc(C(=O)N(C)Cc3ccc(OCC)cc3)ccc2c1=O. The van der Waals surface area contributed by atoms with Gasteiger partial charge >= 0.3 is 0 Å². The molecule has 6 nitrogen and oxygen atoms in total. The molecular formula is C22H23N3O3S. The lowest BCUT2D eigenvalue weighted by Crippen LogP contribution is -2.26. The van der Waals surface area contributed by atoms with Gasteiger partial charge in [0.1, 0.15) is 5.75 Å². The topological polar surface area (TPSA) is 67.3 Å². The highest BCUT2D eigenvalue weighted by molar-refractivity contribution is 7.71. The van der Waals surface area contributed by atoms with Gasteiger partial charge in [0.2, 0.25) is 0 Å². The van der Waals surface area contributed by atoms with Crippen molar-refractivity contribution in [3.05, 3.63) is 81.4 Å². The van der Waals surface area contributed by atoms with Crippen molar-refractivity contribution in [2.75, 3.05) is 13.7 Å². The molecule has 0 aliphatic carbocycles. The summed E-state index contributed by atoms with van der Waals surface area (Å²) in [5.74, 6) is 0.660. The number of fused-ring (bicyclic) bond motifs is 1. The van der Waals surface area contributed by atoms with Crippen LogP contribution in [0.3, 0.4) is 0 Å². The molecule has 7 heteroatoms. The molecule has 0 saturated heterocycles. The van der Waals surface area contributed by atoms with Crippen LogP contribution in [0.4, 0.5) is 0 Å². The molecule has 0 radical (unpaired) electrons. The zero-order valence-corrected chi connectivity index (χ0v) is 17.3. The van der Waals surface area contributed by atoms with Gasteiger partial charge < -0.3 is 14.6 Å². The third-order valence-corrected chi connectivity index (χ3v) is 4.86. The van der Waals surface area contributed by atoms with Crippen molar-refractivity contribution in [3.8, 4) is 5.75 Å². The largest absolute Gasteiger partial charge is 0.494 e. The summed E-state index contributed by atoms with van der Waals surface area (Å²) in [4.78, 5) is 30.1. The molecule has 150 valence electrons. The second kappa shape index (κ2) is 8.87. The maximum Gasteiger partial charge on any atom is 0.262 e. The molecule has 1 N–H and O–H groups in total. The molecule has 1 amide bonds. The quantitative estimate of drug-likeness (QED) is 0.474. The summed E-state index contributed by atoms with van der Waals surface area (Å²) < 4.78 is 7.18. The Morgan fingerprint density at radius 3 is 2.66 bits per heavy atom. The Balaban J connectivity index is 1.84. The van der Waals surface area contributed by atoms with Crippen LogP contribution >= 0.6 is 12.2 Å². The minimum atomic E-state index is -0.203. The third kappa shape index (κ3) is 4.46. The molecule has 0 atom stereocenters. The minimum Gasteiger partial charge on any atom is -0.494 e. The van der Waals surface area contributed by atoms with Crippen molar-refractivity contribution in [1.82, 2.24) is 14.5 Å². The lowest BCUT2D eigenvalue weighted by Gasteiger charge is -2.18. The number of aromatic amines is 1. The molecule has 29 heavy (non-hydrogen) atoms. The average Bonchev–Trinajstić information content (AvgIpc) is 2.71. The van der Waals surface area contributed by atoms with Crippen LogP contribution in [0.25, 0.3) is 10.9 Å². The Kier molecular flexibility index (Phi) is 6.29. The Morgan fingerprint density at radius 1 is 1.28 bits per heavy atom. The number of hydrogen-bond acceptors (Lipinski definition) is 4. The predicted octanol–water partition coefficient (Wildman–Crippen LogP) is 3.92. The Morgan fingerprint density at radius 2 is 2.00 bits per heavy atom. The number of amides is 1. The van der Waals surface area contributed by atoms with Gasteiger partial charge in [-0.3, -0.25) is 14.2 Å². The predicted molar refractivity (Wildman–Crippen MR) is 117 cm³/mol. The van der Waals surface area contributed by atoms with Crippen LogP contribution in [0, 0.1) is 4.77 Å². The van der Waals surface area contributed by atoms with E-state index < -0.39 is 0 Å². The van der Waals surface area contributed by atoms with E-state index in [0.717, 1.165) is 11.3 Å². The highest BCUT2D eigenvalue weighted by Gasteiger charge is 2.14. The zero-order valence-electron chi connectivity index (χ0n) is 16.5. The molecule has 3 rings (SSSR count). The van der Waals surface area contributed by atoms with Gasteiger partial charge in [0, 0.05) is 25.7 Å². The molecular weight excluding hydrogens is 386 g/mol. The van der Waals surface area contributed by atoms with Crippen molar-refractivity contribution in [2.24, 2.45) is 0 Å². The molecule has 0 spiro atoms. The number of ether oxygens (including phenoxy) is 1. The van der Waals surface area contributed by atoms with Crippen molar-refractivity contribution in [3.63, 3.8) is 0 Å². The fourth-order valence-corrected chi connectivity index (χ4v) is 3.37. The standard InChI is InChI=1S/C22H23N3O3S/c1-4-12-25-21(27)18-11-8-16(13-19(18)23-22(25)29)20(26)24(3)14-15-6-9-17(10-7-15)28-5-2/h4,6-11,13H,1,5,12,14H2,2-3H3,(H,23,29). The number of aromatic nitrogens is 2. The first-order valence-corrected chi connectivity index (χ1v) is 9.70. The summed E-state index contributed by atoms with van der Waals surface area (Å²) in [5, 5.41) is 0.478. The lowest BCUT2D eigenvalue weighted by atomic mass is 10.1. The number of benzene rings is 2. The van der Waals surface area contributed by atoms with Crippen molar-refractivity contribution < 1.29 is 9.53 Å². The van der Waals surface area contributed by atoms with Gasteiger partial charge in [0.25, 0.3) is 11.5 Å². The van der Waals surface area contributed by atoms with E-state index >= 15 is 0 Å². The van der Waals surface area contributed by atoms with E-state index in [1.807, 2.05) is 31.2 Å². The van der Waals surface area contributed by atoms with E-state index in [-0.39, 0.29) is 11.5 Å². The summed E-state index contributed by atoms with van der Waals surface area (Å²) in [7, 11) is 1.74. The summed E-state index contributed by atoms with van der Waals surface area (Å²) in [6.45, 7) is 6.98. The van der Waals surface area contributed by atoms with Gasteiger partial charge in [-0.25, -0.2) is 0 Å². The smallest absolute Gasteiger partial charge is 0.262 e. The molecule has 0 aliphatic rings. The number of carbonyl (C=O) groups is 1. The summed E-state index contributed by atoms with van der Waals surface area (Å²) in [5.41, 5.74) is 1.82. The Hall–Kier alpha value is -3.19. The fourth-order valence-electron chi connectivity index (χ4n) is 3.11. The van der Waals surface area contributed by atoms with E-state index in [1.165, 1.54) is 4.57 Å². The third-order valence-electron chi connectivity index (χ3n) is 4.54. The van der Waals surface area contributed by atoms with Crippen molar-refractivity contribution >= 4 is 29.0 Å². The van der Waals surface area contributed by atoms with E-state index in [2.05, 4.69) is 11.6 Å². The first kappa shape index (κ1) is 20.5. The fraction of sp³-hybridized carbons (Fsp3) is 0.227. The zero-order chi connectivity index (χ0) is 21.0. The minimum absolute atomic E-state index is 0.143. The van der Waals surface area contributed by atoms with E-state index in [9.17, 15) is 9.59 Å². The Labute approximate surface area is 174 Å². The van der Waals surface area contributed by atoms with Crippen LogP contribution in [-0.2, 0) is 13.1 Å². The average molecular weight is 410 g/mol. The van der Waals surface area contributed by atoms with Gasteiger partial charge in [-0.15, -0.1) is 6.58 Å². The number of nitrogens with one attached hydrogen (secondary N) is 1. The number of rotatable bonds is 7. The molecule has 1 aromatic heterocycles. The molecule has 0 unspecified atom stereocenters. The number of H-pyrrole nitrogens is 1. The van der Waals surface area contributed by atoms with E-state index in [0.29, 0.717) is 40.9 Å². The van der Waals surface area contributed by atoms with Crippen LogP contribution < -0.4 is 10.3 Å². The Bertz CT molecular complexity index is 1160. The normalized spacial score (nSPS) is 10.7. The van der Waals surface area contributed by atoms with Crippen molar-refractivity contribution in [1.29, 1.82) is 0 Å². The number of nitrogens with zero attached hydrogens (tertiary/aromatic N) is 2. The number of allylic oxidation sites excluding steroid dienone is 1. The van der Waals surface area contributed by atoms with Gasteiger partial charge in [0.05, 0.1) is 17.5 Å². The van der Waals surface area contributed by atoms with Gasteiger partial charge in [-0.05, 0) is 55.0 Å². The number of hydrogen-bond donors (Lipinski definition) is 1. The van der Waals surface area contributed by atoms with E-state index in [1.54, 1.807) is 36.2 Å². The lowest BCUT2D eigenvalue weighted by molar-refractivity contribution is 0.0785. The number of carbonyl (C=O) groups excluding carboxylic acids is 1. The maximum atomic E-state index is 12.9. The van der Waals surface area contributed by atoms with Crippen LogP contribution in [0.15, 0.2) is 59.9 Å². The molecule has 3 aromatic rings. The van der Waals surface area contributed by atoms with Crippen LogP contribution in [-0.4, -0.2) is 34.0 Å². The molecule has 0 aliphatic heterocycles. The second-order valence-electron chi connectivity index (χ2n) is 6.63. The van der Waals surface area contributed by atoms with Crippen molar-refractivity contribution in [2.45, 2.75) is 20.0 Å². The monoisotopic (exact) mass is 409 g/mol. The molecule has 0 bridgehead atoms. The molecule has 0 saturated carbocycles. The second-order valence-corrected chi connectivity index (χ2v) is 7.02. The summed E-state index contributed by atoms with van der Waals surface area (Å²) in [6, 6.07) is 12.6. The van der Waals surface area contributed by atoms with Gasteiger partial charge in [0.15, 0.2) is 4.77 Å². The van der Waals surface area contributed by atoms with Gasteiger partial charge in [-0.1, -0.05) is 18.2 Å². The van der Waals surface area contributed by atoms with Crippen LogP contribution in [0.5, 0.6) is 5.75 Å². The summed E-state index contributed by atoms with van der Waals surface area (Å²) in [6.07, 6.45) is 1.62. The van der Waals surface area contributed by atoms with E-state index in [4.69, 9.17) is 17.0 Å². The molecule has 0 fully saturated rings. The molecule has 1 heterocycles.